The molecule has 1 unspecified atom stereocenters. The van der Waals surface area contributed by atoms with E-state index in [0.29, 0.717) is 35.3 Å². The summed E-state index contributed by atoms with van der Waals surface area (Å²) in [5, 5.41) is 11.0. The first-order valence-corrected chi connectivity index (χ1v) is 22.2. The quantitative estimate of drug-likeness (QED) is 0.0508. The number of likely N-dealkylation sites (N-methyl/N-ethyl adjacent to an activating group) is 1. The van der Waals surface area contributed by atoms with Gasteiger partial charge < -0.3 is 9.47 Å². The molecule has 1 amide bonds. The zero-order chi connectivity index (χ0) is 39.3. The first kappa shape index (κ1) is 46.4. The number of unbranched alkanes of at least 4 members (excludes halogenated alkanes) is 14. The van der Waals surface area contributed by atoms with Gasteiger partial charge in [0.2, 0.25) is 0 Å². The Bertz CT molecular complexity index is 1440. The molecule has 2 aromatic carbocycles. The third kappa shape index (κ3) is 17.9. The van der Waals surface area contributed by atoms with E-state index < -0.39 is 22.0 Å². The molecule has 0 aliphatic rings. The standard InChI is InChI=1S/C44H74N2O6S/c1-9-12-14-16-18-19-20-21-22-24-29-40(42(47)46(48)11-3)52-38-28-26-27-37(34-38)45-53(49,50)41-33-36(44(7,8)35-43(4,5)6)30-31-39(41)51-32-25-23-17-15-13-10-2/h26-28,30-31,33-34,40,45,48H,9-25,29,32,35H2,1-8H3. The van der Waals surface area contributed by atoms with Crippen LogP contribution in [0, 0.1) is 5.41 Å². The predicted octanol–water partition coefficient (Wildman–Crippen LogP) is 12.2. The van der Waals surface area contributed by atoms with Gasteiger partial charge in [-0.05, 0) is 73.3 Å². The van der Waals surface area contributed by atoms with Crippen molar-refractivity contribution in [2.45, 2.75) is 187 Å². The maximum atomic E-state index is 14.2. The van der Waals surface area contributed by atoms with Gasteiger partial charge in [-0.25, -0.2) is 13.5 Å². The van der Waals surface area contributed by atoms with Gasteiger partial charge in [-0.1, -0.05) is 150 Å². The minimum absolute atomic E-state index is 0.0468. The Morgan fingerprint density at radius 1 is 0.774 bits per heavy atom. The number of rotatable bonds is 28. The lowest BCUT2D eigenvalue weighted by molar-refractivity contribution is -0.172. The highest BCUT2D eigenvalue weighted by Crippen LogP contribution is 2.39. The van der Waals surface area contributed by atoms with E-state index in [1.54, 1.807) is 43.3 Å². The number of sulfonamides is 1. The van der Waals surface area contributed by atoms with Gasteiger partial charge >= 0.3 is 0 Å². The zero-order valence-electron chi connectivity index (χ0n) is 34.6. The molecule has 0 aliphatic carbocycles. The van der Waals surface area contributed by atoms with Crippen LogP contribution in [0.15, 0.2) is 47.4 Å². The number of anilines is 1. The molecule has 2 aromatic rings. The van der Waals surface area contributed by atoms with Crippen LogP contribution in [-0.4, -0.2) is 43.9 Å². The lowest BCUT2D eigenvalue weighted by Crippen LogP contribution is -2.40. The Hall–Kier alpha value is -2.78. The van der Waals surface area contributed by atoms with Crippen LogP contribution in [-0.2, 0) is 20.2 Å². The number of hydrogen-bond donors (Lipinski definition) is 2. The summed E-state index contributed by atoms with van der Waals surface area (Å²) < 4.78 is 43.4. The number of carbonyl (C=O) groups excluding carboxylic acids is 1. The van der Waals surface area contributed by atoms with E-state index in [9.17, 15) is 18.4 Å². The largest absolute Gasteiger partial charge is 0.492 e. The van der Waals surface area contributed by atoms with Crippen LogP contribution in [0.2, 0.25) is 0 Å². The second-order valence-electron chi connectivity index (χ2n) is 16.7. The third-order valence-electron chi connectivity index (χ3n) is 9.76. The fraction of sp³-hybridized carbons (Fsp3) is 0.705. The highest BCUT2D eigenvalue weighted by molar-refractivity contribution is 7.92. The smallest absolute Gasteiger partial charge is 0.286 e. The number of hydrogen-bond acceptors (Lipinski definition) is 6. The van der Waals surface area contributed by atoms with Crippen molar-refractivity contribution in [1.82, 2.24) is 5.06 Å². The fourth-order valence-corrected chi connectivity index (χ4v) is 8.35. The second kappa shape index (κ2) is 23.9. The molecule has 0 aromatic heterocycles. The Kier molecular flexibility index (Phi) is 20.9. The van der Waals surface area contributed by atoms with E-state index in [4.69, 9.17) is 9.47 Å². The summed E-state index contributed by atoms with van der Waals surface area (Å²) in [5.41, 5.74) is 1.01. The number of amides is 1. The highest BCUT2D eigenvalue weighted by Gasteiger charge is 2.30. The summed E-state index contributed by atoms with van der Waals surface area (Å²) in [6.07, 6.45) is 18.8. The molecule has 2 N–H and O–H groups in total. The van der Waals surface area contributed by atoms with Gasteiger partial charge in [-0.2, -0.15) is 0 Å². The number of hydroxylamine groups is 2. The second-order valence-corrected chi connectivity index (χ2v) is 18.3. The highest BCUT2D eigenvalue weighted by atomic mass is 32.2. The van der Waals surface area contributed by atoms with Crippen LogP contribution in [0.25, 0.3) is 0 Å². The summed E-state index contributed by atoms with van der Waals surface area (Å²) >= 11 is 0. The monoisotopic (exact) mass is 759 g/mol. The van der Waals surface area contributed by atoms with Gasteiger partial charge in [0.05, 0.1) is 12.3 Å². The molecule has 0 fully saturated rings. The van der Waals surface area contributed by atoms with E-state index in [-0.39, 0.29) is 22.3 Å². The normalized spacial score (nSPS) is 12.8. The molecule has 0 radical (unpaired) electrons. The van der Waals surface area contributed by atoms with Crippen LogP contribution in [0.4, 0.5) is 5.69 Å². The molecule has 0 saturated carbocycles. The minimum Gasteiger partial charge on any atom is -0.492 e. The van der Waals surface area contributed by atoms with Gasteiger partial charge in [0, 0.05) is 12.6 Å². The van der Waals surface area contributed by atoms with Crippen molar-refractivity contribution in [3.05, 3.63) is 48.0 Å². The van der Waals surface area contributed by atoms with Crippen LogP contribution in [0.1, 0.15) is 177 Å². The molecular weight excluding hydrogens is 685 g/mol. The maximum absolute atomic E-state index is 14.2. The van der Waals surface area contributed by atoms with E-state index in [0.717, 1.165) is 50.5 Å². The number of nitrogens with one attached hydrogen (secondary N) is 1. The van der Waals surface area contributed by atoms with E-state index in [2.05, 4.69) is 53.2 Å². The first-order chi connectivity index (χ1) is 25.1. The summed E-state index contributed by atoms with van der Waals surface area (Å²) in [7, 11) is -4.08. The average molecular weight is 759 g/mol. The van der Waals surface area contributed by atoms with Crippen molar-refractivity contribution in [3.8, 4) is 11.5 Å². The number of carbonyl (C=O) groups is 1. The van der Waals surface area contributed by atoms with Gasteiger partial charge in [0.15, 0.2) is 6.10 Å². The molecule has 0 spiro atoms. The van der Waals surface area contributed by atoms with Crippen molar-refractivity contribution < 1.29 is 27.9 Å². The molecule has 2 rings (SSSR count). The summed E-state index contributed by atoms with van der Waals surface area (Å²) in [6.45, 7) is 17.6. The molecule has 0 saturated heterocycles. The van der Waals surface area contributed by atoms with Crippen molar-refractivity contribution in [3.63, 3.8) is 0 Å². The van der Waals surface area contributed by atoms with Crippen LogP contribution in [0.3, 0.4) is 0 Å². The van der Waals surface area contributed by atoms with E-state index >= 15 is 0 Å². The first-order valence-electron chi connectivity index (χ1n) is 20.7. The fourth-order valence-electron chi connectivity index (χ4n) is 7.13. The van der Waals surface area contributed by atoms with Crippen LogP contribution in [0.5, 0.6) is 11.5 Å². The Labute approximate surface area is 323 Å². The number of ether oxygens (including phenoxy) is 2. The molecular formula is C44H74N2O6S. The molecule has 302 valence electrons. The Morgan fingerprint density at radius 3 is 1.91 bits per heavy atom. The minimum atomic E-state index is -4.08. The lowest BCUT2D eigenvalue weighted by atomic mass is 9.72. The summed E-state index contributed by atoms with van der Waals surface area (Å²) in [6, 6.07) is 12.2. The SMILES string of the molecule is CCCCCCCCCCCCC(Oc1cccc(NS(=O)(=O)c2cc(C(C)(C)CC(C)(C)C)ccc2OCCCCCCCC)c1)C(=O)N(O)CC. The average Bonchev–Trinajstić information content (AvgIpc) is 3.09. The molecule has 0 heterocycles. The van der Waals surface area contributed by atoms with Gasteiger partial charge in [0.25, 0.3) is 15.9 Å². The van der Waals surface area contributed by atoms with Crippen molar-refractivity contribution >= 4 is 21.6 Å². The molecule has 8 nitrogen and oxygen atoms in total. The number of nitrogens with zero attached hydrogens (tertiary/aromatic N) is 1. The van der Waals surface area contributed by atoms with Crippen LogP contribution < -0.4 is 14.2 Å². The molecule has 0 bridgehead atoms. The molecule has 9 heteroatoms. The number of benzene rings is 2. The third-order valence-corrected chi connectivity index (χ3v) is 11.2. The van der Waals surface area contributed by atoms with E-state index in [1.807, 2.05) is 6.07 Å². The van der Waals surface area contributed by atoms with Crippen molar-refractivity contribution in [2.75, 3.05) is 17.9 Å². The van der Waals surface area contributed by atoms with Crippen molar-refractivity contribution in [2.24, 2.45) is 5.41 Å². The Morgan fingerprint density at radius 2 is 1.34 bits per heavy atom. The topological polar surface area (TPSA) is 105 Å². The zero-order valence-corrected chi connectivity index (χ0v) is 35.4. The van der Waals surface area contributed by atoms with Crippen LogP contribution >= 0.6 is 0 Å². The predicted molar refractivity (Wildman–Crippen MR) is 220 cm³/mol. The van der Waals surface area contributed by atoms with Gasteiger partial charge in [0.1, 0.15) is 16.4 Å². The summed E-state index contributed by atoms with van der Waals surface area (Å²) in [4.78, 5) is 13.2. The lowest BCUT2D eigenvalue weighted by Gasteiger charge is -2.33. The van der Waals surface area contributed by atoms with E-state index in [1.165, 1.54) is 64.2 Å². The summed E-state index contributed by atoms with van der Waals surface area (Å²) in [5.74, 6) is 0.175. The molecule has 1 atom stereocenters. The molecule has 53 heavy (non-hydrogen) atoms. The van der Waals surface area contributed by atoms with Gasteiger partial charge in [-0.15, -0.1) is 0 Å². The van der Waals surface area contributed by atoms with Gasteiger partial charge in [-0.3, -0.25) is 14.7 Å². The maximum Gasteiger partial charge on any atom is 0.286 e. The van der Waals surface area contributed by atoms with Crippen molar-refractivity contribution in [1.29, 1.82) is 0 Å². The Balaban J connectivity index is 2.23. The molecule has 0 aliphatic heterocycles.